The molecule has 0 aliphatic rings. The maximum Gasteiger partial charge on any atom is 0.194 e. The van der Waals surface area contributed by atoms with E-state index in [1.807, 2.05) is 29.6 Å². The SMILES string of the molecule is O=C(c1cc(Cl)cc(Cl)c1)c1csc2ccccc12. The zero-order valence-electron chi connectivity index (χ0n) is 9.69. The summed E-state index contributed by atoms with van der Waals surface area (Å²) in [6, 6.07) is 12.7. The molecule has 0 fully saturated rings. The first kappa shape index (κ1) is 12.7. The number of halogens is 2. The summed E-state index contributed by atoms with van der Waals surface area (Å²) >= 11 is 13.4. The first-order chi connectivity index (χ1) is 9.15. The molecule has 0 saturated carbocycles. The van der Waals surface area contributed by atoms with E-state index >= 15 is 0 Å². The Hall–Kier alpha value is -1.35. The number of hydrogen-bond acceptors (Lipinski definition) is 2. The van der Waals surface area contributed by atoms with Gasteiger partial charge in [-0.3, -0.25) is 4.79 Å². The molecule has 0 bridgehead atoms. The number of thiophene rings is 1. The number of fused-ring (bicyclic) bond motifs is 1. The molecule has 94 valence electrons. The number of hydrogen-bond donors (Lipinski definition) is 0. The van der Waals surface area contributed by atoms with Crippen LogP contribution in [0.25, 0.3) is 10.1 Å². The third-order valence-electron chi connectivity index (χ3n) is 2.85. The van der Waals surface area contributed by atoms with Crippen molar-refractivity contribution in [2.24, 2.45) is 0 Å². The standard InChI is InChI=1S/C15H8Cl2OS/c16-10-5-9(6-11(17)7-10)15(18)13-8-19-14-4-2-1-3-12(13)14/h1-8H. The zero-order valence-corrected chi connectivity index (χ0v) is 12.0. The summed E-state index contributed by atoms with van der Waals surface area (Å²) in [5, 5.41) is 3.78. The molecule has 0 N–H and O–H groups in total. The van der Waals surface area contributed by atoms with Gasteiger partial charge in [-0.1, -0.05) is 41.4 Å². The highest BCUT2D eigenvalue weighted by atomic mass is 35.5. The Morgan fingerprint density at radius 2 is 1.68 bits per heavy atom. The van der Waals surface area contributed by atoms with E-state index in [2.05, 4.69) is 0 Å². The minimum absolute atomic E-state index is 0.0538. The second-order valence-corrected chi connectivity index (χ2v) is 5.92. The molecule has 19 heavy (non-hydrogen) atoms. The summed E-state index contributed by atoms with van der Waals surface area (Å²) in [6.45, 7) is 0. The molecule has 2 aromatic carbocycles. The molecule has 1 heterocycles. The van der Waals surface area contributed by atoms with Crippen LogP contribution in [0.3, 0.4) is 0 Å². The van der Waals surface area contributed by atoms with Gasteiger partial charge in [-0.25, -0.2) is 0 Å². The number of benzene rings is 2. The van der Waals surface area contributed by atoms with Gasteiger partial charge in [-0.15, -0.1) is 11.3 Å². The Kier molecular flexibility index (Phi) is 3.31. The van der Waals surface area contributed by atoms with Crippen molar-refractivity contribution < 1.29 is 4.79 Å². The van der Waals surface area contributed by atoms with Crippen LogP contribution in [0, 0.1) is 0 Å². The summed E-state index contributed by atoms with van der Waals surface area (Å²) in [7, 11) is 0. The van der Waals surface area contributed by atoms with Crippen molar-refractivity contribution in [1.29, 1.82) is 0 Å². The average Bonchev–Trinajstić information content (AvgIpc) is 2.80. The molecule has 0 radical (unpaired) electrons. The van der Waals surface area contributed by atoms with Crippen molar-refractivity contribution in [3.8, 4) is 0 Å². The van der Waals surface area contributed by atoms with Crippen molar-refractivity contribution in [2.75, 3.05) is 0 Å². The monoisotopic (exact) mass is 306 g/mol. The summed E-state index contributed by atoms with van der Waals surface area (Å²) < 4.78 is 1.10. The van der Waals surface area contributed by atoms with Crippen LogP contribution in [0.1, 0.15) is 15.9 Å². The van der Waals surface area contributed by atoms with Gasteiger partial charge >= 0.3 is 0 Å². The van der Waals surface area contributed by atoms with Gasteiger partial charge in [0.15, 0.2) is 5.78 Å². The Morgan fingerprint density at radius 1 is 1.00 bits per heavy atom. The summed E-state index contributed by atoms with van der Waals surface area (Å²) in [5.41, 5.74) is 1.21. The van der Waals surface area contributed by atoms with Crippen molar-refractivity contribution in [3.63, 3.8) is 0 Å². The summed E-state index contributed by atoms with van der Waals surface area (Å²) in [4.78, 5) is 12.5. The highest BCUT2D eigenvalue weighted by molar-refractivity contribution is 7.17. The van der Waals surface area contributed by atoms with Gasteiger partial charge in [0.1, 0.15) is 0 Å². The van der Waals surface area contributed by atoms with Crippen LogP contribution in [-0.2, 0) is 0 Å². The van der Waals surface area contributed by atoms with Gasteiger partial charge < -0.3 is 0 Å². The van der Waals surface area contributed by atoms with Crippen LogP contribution in [-0.4, -0.2) is 5.78 Å². The fourth-order valence-corrected chi connectivity index (χ4v) is 3.46. The fraction of sp³-hybridized carbons (Fsp3) is 0. The van der Waals surface area contributed by atoms with E-state index in [1.165, 1.54) is 0 Å². The quantitative estimate of drug-likeness (QED) is 0.576. The zero-order chi connectivity index (χ0) is 13.4. The van der Waals surface area contributed by atoms with E-state index in [9.17, 15) is 4.79 Å². The van der Waals surface area contributed by atoms with Crippen molar-refractivity contribution in [3.05, 3.63) is 69.0 Å². The highest BCUT2D eigenvalue weighted by Crippen LogP contribution is 2.29. The molecular weight excluding hydrogens is 299 g/mol. The second-order valence-electron chi connectivity index (χ2n) is 4.13. The van der Waals surface area contributed by atoms with E-state index < -0.39 is 0 Å². The number of carbonyl (C=O) groups excluding carboxylic acids is 1. The van der Waals surface area contributed by atoms with Crippen molar-refractivity contribution in [2.45, 2.75) is 0 Å². The van der Waals surface area contributed by atoms with Gasteiger partial charge in [0.05, 0.1) is 0 Å². The van der Waals surface area contributed by atoms with Crippen molar-refractivity contribution in [1.82, 2.24) is 0 Å². The largest absolute Gasteiger partial charge is 0.289 e. The molecule has 4 heteroatoms. The highest BCUT2D eigenvalue weighted by Gasteiger charge is 2.15. The average molecular weight is 307 g/mol. The van der Waals surface area contributed by atoms with Crippen LogP contribution in [0.5, 0.6) is 0 Å². The lowest BCUT2D eigenvalue weighted by Crippen LogP contribution is -2.00. The molecule has 3 rings (SSSR count). The van der Waals surface area contributed by atoms with E-state index in [0.717, 1.165) is 10.1 Å². The van der Waals surface area contributed by atoms with Crippen LogP contribution in [0.4, 0.5) is 0 Å². The predicted molar refractivity (Wildman–Crippen MR) is 81.7 cm³/mol. The fourth-order valence-electron chi connectivity index (χ4n) is 1.99. The lowest BCUT2D eigenvalue weighted by molar-refractivity contribution is 0.104. The van der Waals surface area contributed by atoms with Gasteiger partial charge in [0.25, 0.3) is 0 Å². The number of carbonyl (C=O) groups is 1. The maximum absolute atomic E-state index is 12.5. The number of ketones is 1. The number of rotatable bonds is 2. The minimum Gasteiger partial charge on any atom is -0.289 e. The molecular formula is C15H8Cl2OS. The smallest absolute Gasteiger partial charge is 0.194 e. The Labute approximate surface area is 124 Å². The molecule has 0 amide bonds. The second kappa shape index (κ2) is 4.97. The first-order valence-corrected chi connectivity index (χ1v) is 7.26. The Morgan fingerprint density at radius 3 is 2.42 bits per heavy atom. The molecule has 1 aromatic heterocycles. The van der Waals surface area contributed by atoms with Crippen LogP contribution in [0.15, 0.2) is 47.8 Å². The molecule has 0 spiro atoms. The predicted octanol–water partition coefficient (Wildman–Crippen LogP) is 5.44. The van der Waals surface area contributed by atoms with E-state index in [0.29, 0.717) is 21.2 Å². The van der Waals surface area contributed by atoms with E-state index in [4.69, 9.17) is 23.2 Å². The summed E-state index contributed by atoms with van der Waals surface area (Å²) in [5.74, 6) is -0.0538. The van der Waals surface area contributed by atoms with Crippen molar-refractivity contribution >= 4 is 50.4 Å². The minimum atomic E-state index is -0.0538. The van der Waals surface area contributed by atoms with E-state index in [-0.39, 0.29) is 5.78 Å². The van der Waals surface area contributed by atoms with E-state index in [1.54, 1.807) is 29.5 Å². The third kappa shape index (κ3) is 2.39. The van der Waals surface area contributed by atoms with Crippen LogP contribution < -0.4 is 0 Å². The normalized spacial score (nSPS) is 10.8. The Balaban J connectivity index is 2.13. The lowest BCUT2D eigenvalue weighted by Gasteiger charge is -2.02. The van der Waals surface area contributed by atoms with Crippen LogP contribution >= 0.6 is 34.5 Å². The van der Waals surface area contributed by atoms with Gasteiger partial charge in [-0.05, 0) is 24.3 Å². The maximum atomic E-state index is 12.5. The molecule has 3 aromatic rings. The van der Waals surface area contributed by atoms with Gasteiger partial charge in [0, 0.05) is 36.6 Å². The summed E-state index contributed by atoms with van der Waals surface area (Å²) in [6.07, 6.45) is 0. The van der Waals surface area contributed by atoms with Crippen LogP contribution in [0.2, 0.25) is 10.0 Å². The molecule has 0 unspecified atom stereocenters. The molecule has 0 aliphatic carbocycles. The molecule has 0 saturated heterocycles. The van der Waals surface area contributed by atoms with Gasteiger partial charge in [0.2, 0.25) is 0 Å². The molecule has 0 aliphatic heterocycles. The molecule has 1 nitrogen and oxygen atoms in total. The third-order valence-corrected chi connectivity index (χ3v) is 4.25. The first-order valence-electron chi connectivity index (χ1n) is 5.62. The van der Waals surface area contributed by atoms with Gasteiger partial charge in [-0.2, -0.15) is 0 Å². The lowest BCUT2D eigenvalue weighted by atomic mass is 10.0. The molecule has 0 atom stereocenters. The topological polar surface area (TPSA) is 17.1 Å². The Bertz CT molecular complexity index is 756.